The summed E-state index contributed by atoms with van der Waals surface area (Å²) in [5.41, 5.74) is 3.47. The van der Waals surface area contributed by atoms with E-state index in [-0.39, 0.29) is 5.82 Å². The van der Waals surface area contributed by atoms with Crippen LogP contribution in [0.4, 0.5) is 4.39 Å². The molecule has 3 heterocycles. The van der Waals surface area contributed by atoms with Crippen LogP contribution in [-0.2, 0) is 6.54 Å². The number of H-pyrrole nitrogens is 1. The molecule has 0 radical (unpaired) electrons. The van der Waals surface area contributed by atoms with Crippen LogP contribution in [0.25, 0.3) is 28.1 Å². The van der Waals surface area contributed by atoms with Crippen LogP contribution in [0.1, 0.15) is 5.82 Å². The zero-order valence-corrected chi connectivity index (χ0v) is 14.1. The number of nitrogens with zero attached hydrogens (tertiary/aromatic N) is 6. The summed E-state index contributed by atoms with van der Waals surface area (Å²) in [5.74, 6) is 1.20. The van der Waals surface area contributed by atoms with Gasteiger partial charge in [-0.15, -0.1) is 10.2 Å². The van der Waals surface area contributed by atoms with Crippen LogP contribution < -0.4 is 0 Å². The molecule has 0 fully saturated rings. The van der Waals surface area contributed by atoms with Gasteiger partial charge in [0, 0.05) is 18.0 Å². The SMILES string of the molecule is Fc1cccc(-c2nccn2Cc2nc3ccc(-n4cnnc4)cc3[nH]2)c1. The van der Waals surface area contributed by atoms with Gasteiger partial charge in [-0.05, 0) is 30.3 Å². The molecule has 0 aliphatic carbocycles. The standard InChI is InChI=1S/C19H14FN7/c20-14-3-1-2-13(8-14)19-21-6-7-26(19)10-18-24-16-5-4-15(9-17(16)25-18)27-11-22-23-12-27/h1-9,11-12H,10H2,(H,24,25). The minimum atomic E-state index is -0.285. The van der Waals surface area contributed by atoms with E-state index in [0.717, 1.165) is 28.1 Å². The lowest BCUT2D eigenvalue weighted by molar-refractivity contribution is 0.628. The maximum absolute atomic E-state index is 13.5. The average Bonchev–Trinajstić information content (AvgIpc) is 3.42. The van der Waals surface area contributed by atoms with Crippen molar-refractivity contribution in [1.82, 2.24) is 34.3 Å². The number of aromatic amines is 1. The highest BCUT2D eigenvalue weighted by Gasteiger charge is 2.10. The maximum atomic E-state index is 13.5. The molecule has 8 heteroatoms. The second-order valence-electron chi connectivity index (χ2n) is 6.14. The van der Waals surface area contributed by atoms with E-state index < -0.39 is 0 Å². The molecule has 3 aromatic heterocycles. The fourth-order valence-corrected chi connectivity index (χ4v) is 3.11. The van der Waals surface area contributed by atoms with Gasteiger partial charge in [0.15, 0.2) is 0 Å². The van der Waals surface area contributed by atoms with Crippen LogP contribution >= 0.6 is 0 Å². The molecule has 5 rings (SSSR count). The van der Waals surface area contributed by atoms with Gasteiger partial charge in [0.2, 0.25) is 0 Å². The van der Waals surface area contributed by atoms with E-state index in [0.29, 0.717) is 12.4 Å². The number of nitrogens with one attached hydrogen (secondary N) is 1. The molecule has 0 aliphatic heterocycles. The van der Waals surface area contributed by atoms with Gasteiger partial charge in [0.25, 0.3) is 0 Å². The Labute approximate surface area is 153 Å². The van der Waals surface area contributed by atoms with E-state index in [1.54, 1.807) is 24.9 Å². The molecular weight excluding hydrogens is 345 g/mol. The minimum absolute atomic E-state index is 0.285. The molecule has 0 spiro atoms. The zero-order chi connectivity index (χ0) is 18.2. The third kappa shape index (κ3) is 2.86. The first kappa shape index (κ1) is 15.4. The van der Waals surface area contributed by atoms with E-state index in [9.17, 15) is 4.39 Å². The third-order valence-electron chi connectivity index (χ3n) is 4.35. The Balaban J connectivity index is 1.48. The summed E-state index contributed by atoms with van der Waals surface area (Å²) in [6.45, 7) is 0.502. The third-order valence-corrected chi connectivity index (χ3v) is 4.35. The number of halogens is 1. The van der Waals surface area contributed by atoms with Crippen molar-refractivity contribution in [2.45, 2.75) is 6.54 Å². The number of hydrogen-bond donors (Lipinski definition) is 1. The highest BCUT2D eigenvalue weighted by Crippen LogP contribution is 2.21. The van der Waals surface area contributed by atoms with Crippen molar-refractivity contribution in [2.75, 3.05) is 0 Å². The molecule has 0 atom stereocenters. The Morgan fingerprint density at radius 1 is 1.04 bits per heavy atom. The Kier molecular flexibility index (Phi) is 3.53. The number of fused-ring (bicyclic) bond motifs is 1. The summed E-state index contributed by atoms with van der Waals surface area (Å²) in [4.78, 5) is 12.3. The monoisotopic (exact) mass is 359 g/mol. The van der Waals surface area contributed by atoms with Gasteiger partial charge >= 0.3 is 0 Å². The Bertz CT molecular complexity index is 1220. The summed E-state index contributed by atoms with van der Waals surface area (Å²) in [6.07, 6.45) is 6.85. The van der Waals surface area contributed by atoms with Crippen LogP contribution in [-0.4, -0.2) is 34.3 Å². The molecule has 0 aliphatic rings. The lowest BCUT2D eigenvalue weighted by atomic mass is 10.2. The fraction of sp³-hybridized carbons (Fsp3) is 0.0526. The summed E-state index contributed by atoms with van der Waals surface area (Å²) >= 11 is 0. The maximum Gasteiger partial charge on any atom is 0.140 e. The molecule has 2 aromatic carbocycles. The summed E-state index contributed by atoms with van der Waals surface area (Å²) in [5, 5.41) is 7.66. The quantitative estimate of drug-likeness (QED) is 0.535. The van der Waals surface area contributed by atoms with E-state index in [4.69, 9.17) is 0 Å². The number of imidazole rings is 2. The van der Waals surface area contributed by atoms with Crippen LogP contribution in [0.15, 0.2) is 67.5 Å². The lowest BCUT2D eigenvalue weighted by Crippen LogP contribution is -2.02. The average molecular weight is 359 g/mol. The normalized spacial score (nSPS) is 11.3. The van der Waals surface area contributed by atoms with Gasteiger partial charge in [0.1, 0.15) is 30.1 Å². The smallest absolute Gasteiger partial charge is 0.140 e. The Hall–Kier alpha value is -3.81. The van der Waals surface area contributed by atoms with Gasteiger partial charge in [-0.25, -0.2) is 14.4 Å². The van der Waals surface area contributed by atoms with Gasteiger partial charge in [-0.2, -0.15) is 0 Å². The molecule has 27 heavy (non-hydrogen) atoms. The van der Waals surface area contributed by atoms with E-state index in [2.05, 4.69) is 25.1 Å². The van der Waals surface area contributed by atoms with Crippen LogP contribution in [0.5, 0.6) is 0 Å². The van der Waals surface area contributed by atoms with E-state index >= 15 is 0 Å². The molecule has 0 amide bonds. The fourth-order valence-electron chi connectivity index (χ4n) is 3.11. The number of hydrogen-bond acceptors (Lipinski definition) is 4. The summed E-state index contributed by atoms with van der Waals surface area (Å²) < 4.78 is 17.3. The molecule has 0 unspecified atom stereocenters. The minimum Gasteiger partial charge on any atom is -0.340 e. The first-order valence-electron chi connectivity index (χ1n) is 8.37. The van der Waals surface area contributed by atoms with Crippen LogP contribution in [0.2, 0.25) is 0 Å². The van der Waals surface area contributed by atoms with Crippen molar-refractivity contribution in [2.24, 2.45) is 0 Å². The molecule has 0 bridgehead atoms. The highest BCUT2D eigenvalue weighted by molar-refractivity contribution is 5.77. The Morgan fingerprint density at radius 2 is 1.93 bits per heavy atom. The van der Waals surface area contributed by atoms with Crippen molar-refractivity contribution in [3.63, 3.8) is 0 Å². The zero-order valence-electron chi connectivity index (χ0n) is 14.1. The molecule has 1 N–H and O–H groups in total. The van der Waals surface area contributed by atoms with Gasteiger partial charge in [-0.1, -0.05) is 12.1 Å². The lowest BCUT2D eigenvalue weighted by Gasteiger charge is -2.06. The Morgan fingerprint density at radius 3 is 2.78 bits per heavy atom. The second-order valence-corrected chi connectivity index (χ2v) is 6.14. The number of aromatic nitrogens is 7. The van der Waals surface area contributed by atoms with Gasteiger partial charge in [-0.3, -0.25) is 4.57 Å². The van der Waals surface area contributed by atoms with Crippen molar-refractivity contribution in [3.8, 4) is 17.1 Å². The van der Waals surface area contributed by atoms with E-state index in [1.807, 2.05) is 39.6 Å². The topological polar surface area (TPSA) is 77.2 Å². The molecule has 7 nitrogen and oxygen atoms in total. The first-order chi connectivity index (χ1) is 13.3. The summed E-state index contributed by atoms with van der Waals surface area (Å²) in [7, 11) is 0. The second kappa shape index (κ2) is 6.17. The van der Waals surface area contributed by atoms with E-state index in [1.165, 1.54) is 12.1 Å². The van der Waals surface area contributed by atoms with Gasteiger partial charge < -0.3 is 9.55 Å². The number of benzene rings is 2. The molecule has 0 saturated carbocycles. The molecular formula is C19H14FN7. The van der Waals surface area contributed by atoms with Crippen LogP contribution in [0, 0.1) is 5.82 Å². The number of rotatable bonds is 4. The summed E-state index contributed by atoms with van der Waals surface area (Å²) in [6, 6.07) is 12.3. The molecule has 0 saturated heterocycles. The van der Waals surface area contributed by atoms with Crippen molar-refractivity contribution in [1.29, 1.82) is 0 Å². The molecule has 132 valence electrons. The highest BCUT2D eigenvalue weighted by atomic mass is 19.1. The first-order valence-corrected chi connectivity index (χ1v) is 8.37. The van der Waals surface area contributed by atoms with Crippen LogP contribution in [0.3, 0.4) is 0 Å². The molecule has 5 aromatic rings. The largest absolute Gasteiger partial charge is 0.340 e. The van der Waals surface area contributed by atoms with Gasteiger partial charge in [0.05, 0.1) is 23.3 Å². The van der Waals surface area contributed by atoms with Crippen molar-refractivity contribution < 1.29 is 4.39 Å². The van der Waals surface area contributed by atoms with Crippen molar-refractivity contribution >= 4 is 11.0 Å². The van der Waals surface area contributed by atoms with Crippen molar-refractivity contribution in [3.05, 3.63) is 79.2 Å². The predicted molar refractivity (Wildman–Crippen MR) is 97.7 cm³/mol. The predicted octanol–water partition coefficient (Wildman–Crippen LogP) is 3.19.